The SMILES string of the molecule is CCC12CCC(C(C)C)(O1)C1C(=O)N(C(C)C)C(O)C12. The fourth-order valence-electron chi connectivity index (χ4n) is 5.03. The van der Waals surface area contributed by atoms with Gasteiger partial charge >= 0.3 is 0 Å². The number of rotatable bonds is 3. The minimum absolute atomic E-state index is 0.0422. The number of ether oxygens (including phenoxy) is 1. The average molecular weight is 281 g/mol. The number of nitrogens with zero attached hydrogens (tertiary/aromatic N) is 1. The van der Waals surface area contributed by atoms with E-state index in [1.807, 2.05) is 13.8 Å². The van der Waals surface area contributed by atoms with Gasteiger partial charge in [0.15, 0.2) is 0 Å². The number of likely N-dealkylation sites (tertiary alicyclic amines) is 1. The van der Waals surface area contributed by atoms with Crippen molar-refractivity contribution in [1.82, 2.24) is 4.90 Å². The molecule has 4 heteroatoms. The van der Waals surface area contributed by atoms with Crippen molar-refractivity contribution in [3.8, 4) is 0 Å². The molecule has 20 heavy (non-hydrogen) atoms. The molecule has 114 valence electrons. The van der Waals surface area contributed by atoms with E-state index in [-0.39, 0.29) is 35.0 Å². The van der Waals surface area contributed by atoms with E-state index in [4.69, 9.17) is 4.74 Å². The fraction of sp³-hybridized carbons (Fsp3) is 0.938. The monoisotopic (exact) mass is 281 g/mol. The van der Waals surface area contributed by atoms with Crippen molar-refractivity contribution >= 4 is 5.91 Å². The highest BCUT2D eigenvalue weighted by molar-refractivity contribution is 5.84. The normalized spacial score (nSPS) is 46.9. The second-order valence-corrected chi connectivity index (χ2v) is 7.39. The van der Waals surface area contributed by atoms with Gasteiger partial charge in [0.25, 0.3) is 0 Å². The van der Waals surface area contributed by atoms with Gasteiger partial charge in [-0.3, -0.25) is 4.79 Å². The van der Waals surface area contributed by atoms with Crippen LogP contribution in [0.1, 0.15) is 53.9 Å². The molecule has 0 saturated carbocycles. The molecule has 1 N–H and O–H groups in total. The van der Waals surface area contributed by atoms with Crippen molar-refractivity contribution in [2.45, 2.75) is 77.4 Å². The van der Waals surface area contributed by atoms with Crippen LogP contribution in [-0.4, -0.2) is 39.4 Å². The lowest BCUT2D eigenvalue weighted by molar-refractivity contribution is -0.155. The van der Waals surface area contributed by atoms with Gasteiger partial charge in [0.1, 0.15) is 6.23 Å². The summed E-state index contributed by atoms with van der Waals surface area (Å²) in [5.41, 5.74) is -0.657. The minimum Gasteiger partial charge on any atom is -0.373 e. The third-order valence-corrected chi connectivity index (χ3v) is 6.08. The molecule has 0 aromatic carbocycles. The van der Waals surface area contributed by atoms with Gasteiger partial charge in [-0.25, -0.2) is 0 Å². The van der Waals surface area contributed by atoms with Crippen LogP contribution >= 0.6 is 0 Å². The van der Waals surface area contributed by atoms with Crippen LogP contribution in [0, 0.1) is 17.8 Å². The van der Waals surface area contributed by atoms with Gasteiger partial charge in [0, 0.05) is 12.0 Å². The van der Waals surface area contributed by atoms with E-state index in [9.17, 15) is 9.90 Å². The summed E-state index contributed by atoms with van der Waals surface area (Å²) < 4.78 is 6.49. The van der Waals surface area contributed by atoms with Gasteiger partial charge in [0.2, 0.25) is 5.91 Å². The lowest BCUT2D eigenvalue weighted by Gasteiger charge is -2.35. The first-order chi connectivity index (χ1) is 9.31. The molecule has 0 aromatic rings. The van der Waals surface area contributed by atoms with Crippen molar-refractivity contribution in [3.05, 3.63) is 0 Å². The lowest BCUT2D eigenvalue weighted by atomic mass is 9.63. The predicted molar refractivity (Wildman–Crippen MR) is 75.9 cm³/mol. The quantitative estimate of drug-likeness (QED) is 0.862. The summed E-state index contributed by atoms with van der Waals surface area (Å²) in [4.78, 5) is 14.6. The third kappa shape index (κ3) is 1.42. The molecule has 0 spiro atoms. The second-order valence-electron chi connectivity index (χ2n) is 7.39. The van der Waals surface area contributed by atoms with Crippen molar-refractivity contribution in [1.29, 1.82) is 0 Å². The molecule has 4 nitrogen and oxygen atoms in total. The Balaban J connectivity index is 2.08. The molecular formula is C16H27NO3. The van der Waals surface area contributed by atoms with E-state index in [1.54, 1.807) is 4.90 Å². The first-order valence-corrected chi connectivity index (χ1v) is 8.01. The lowest BCUT2D eigenvalue weighted by Crippen LogP contribution is -2.47. The number of aliphatic hydroxyl groups is 1. The van der Waals surface area contributed by atoms with E-state index < -0.39 is 6.23 Å². The molecule has 0 radical (unpaired) electrons. The summed E-state index contributed by atoms with van der Waals surface area (Å²) in [6.45, 7) is 10.4. The predicted octanol–water partition coefficient (Wildman–Crippen LogP) is 2.16. The summed E-state index contributed by atoms with van der Waals surface area (Å²) in [6.07, 6.45) is 2.11. The van der Waals surface area contributed by atoms with E-state index in [1.165, 1.54) is 0 Å². The Morgan fingerprint density at radius 2 is 2.00 bits per heavy atom. The molecule has 0 aromatic heterocycles. The molecule has 3 fully saturated rings. The molecule has 3 saturated heterocycles. The number of carbonyl (C=O) groups is 1. The molecule has 3 aliphatic heterocycles. The van der Waals surface area contributed by atoms with Crippen LogP contribution in [-0.2, 0) is 9.53 Å². The third-order valence-electron chi connectivity index (χ3n) is 6.08. The first kappa shape index (κ1) is 14.3. The standard InChI is InChI=1S/C16H27NO3/c1-6-15-7-8-16(20-15,9(2)3)12-11(15)13(18)17(10(4)5)14(12)19/h9-13,18H,6-8H2,1-5H3. The largest absolute Gasteiger partial charge is 0.373 e. The van der Waals surface area contributed by atoms with Crippen molar-refractivity contribution < 1.29 is 14.6 Å². The van der Waals surface area contributed by atoms with E-state index in [2.05, 4.69) is 20.8 Å². The Kier molecular flexibility index (Phi) is 3.01. The molecule has 3 aliphatic rings. The van der Waals surface area contributed by atoms with Gasteiger partial charge in [-0.05, 0) is 39.0 Å². The van der Waals surface area contributed by atoms with E-state index in [0.29, 0.717) is 5.92 Å². The summed E-state index contributed by atoms with van der Waals surface area (Å²) in [6, 6.07) is 0.0422. The number of carbonyl (C=O) groups excluding carboxylic acids is 1. The Bertz CT molecular complexity index is 435. The number of hydrogen-bond acceptors (Lipinski definition) is 3. The van der Waals surface area contributed by atoms with Crippen molar-refractivity contribution in [2.75, 3.05) is 0 Å². The fourth-order valence-corrected chi connectivity index (χ4v) is 5.03. The van der Waals surface area contributed by atoms with Crippen LogP contribution in [0.3, 0.4) is 0 Å². The van der Waals surface area contributed by atoms with Gasteiger partial charge in [-0.1, -0.05) is 20.8 Å². The highest BCUT2D eigenvalue weighted by atomic mass is 16.5. The zero-order valence-electron chi connectivity index (χ0n) is 13.2. The van der Waals surface area contributed by atoms with Crippen LogP contribution in [0.15, 0.2) is 0 Å². The first-order valence-electron chi connectivity index (χ1n) is 8.01. The molecule has 1 amide bonds. The number of hydrogen-bond donors (Lipinski definition) is 1. The average Bonchev–Trinajstić information content (AvgIpc) is 2.98. The summed E-state index contributed by atoms with van der Waals surface area (Å²) in [7, 11) is 0. The highest BCUT2D eigenvalue weighted by Crippen LogP contribution is 2.65. The zero-order valence-corrected chi connectivity index (χ0v) is 13.2. The topological polar surface area (TPSA) is 49.8 Å². The summed E-state index contributed by atoms with van der Waals surface area (Å²) in [5, 5.41) is 10.7. The Labute approximate surface area is 121 Å². The Morgan fingerprint density at radius 3 is 2.50 bits per heavy atom. The Hall–Kier alpha value is -0.610. The van der Waals surface area contributed by atoms with Crippen molar-refractivity contribution in [2.24, 2.45) is 17.8 Å². The smallest absolute Gasteiger partial charge is 0.231 e. The van der Waals surface area contributed by atoms with Crippen molar-refractivity contribution in [3.63, 3.8) is 0 Å². The van der Waals surface area contributed by atoms with Gasteiger partial charge in [0.05, 0.1) is 17.1 Å². The molecule has 3 heterocycles. The van der Waals surface area contributed by atoms with Crippen LogP contribution in [0.2, 0.25) is 0 Å². The zero-order chi connectivity index (χ0) is 14.9. The molecule has 2 bridgehead atoms. The summed E-state index contributed by atoms with van der Waals surface area (Å²) >= 11 is 0. The minimum atomic E-state index is -0.687. The van der Waals surface area contributed by atoms with Crippen LogP contribution < -0.4 is 0 Å². The second kappa shape index (κ2) is 4.20. The maximum absolute atomic E-state index is 12.9. The van der Waals surface area contributed by atoms with Gasteiger partial charge < -0.3 is 14.7 Å². The Morgan fingerprint density at radius 1 is 1.35 bits per heavy atom. The van der Waals surface area contributed by atoms with Crippen LogP contribution in [0.4, 0.5) is 0 Å². The molecular weight excluding hydrogens is 254 g/mol. The molecule has 3 rings (SSSR count). The van der Waals surface area contributed by atoms with E-state index >= 15 is 0 Å². The van der Waals surface area contributed by atoms with Crippen LogP contribution in [0.5, 0.6) is 0 Å². The number of aliphatic hydroxyl groups excluding tert-OH is 1. The van der Waals surface area contributed by atoms with Gasteiger partial charge in [-0.2, -0.15) is 0 Å². The van der Waals surface area contributed by atoms with Crippen LogP contribution in [0.25, 0.3) is 0 Å². The molecule has 5 unspecified atom stereocenters. The van der Waals surface area contributed by atoms with Gasteiger partial charge in [-0.15, -0.1) is 0 Å². The van der Waals surface area contributed by atoms with E-state index in [0.717, 1.165) is 19.3 Å². The maximum Gasteiger partial charge on any atom is 0.231 e. The highest BCUT2D eigenvalue weighted by Gasteiger charge is 2.75. The molecule has 0 aliphatic carbocycles. The number of fused-ring (bicyclic) bond motifs is 5. The summed E-state index contributed by atoms with van der Waals surface area (Å²) in [5.74, 6) is 0.183. The molecule has 5 atom stereocenters. The maximum atomic E-state index is 12.9. The number of amides is 1.